The van der Waals surface area contributed by atoms with Gasteiger partial charge in [0, 0.05) is 0 Å². The second-order valence-corrected chi connectivity index (χ2v) is 1.99. The van der Waals surface area contributed by atoms with Crippen LogP contribution in [0.5, 0.6) is 0 Å². The summed E-state index contributed by atoms with van der Waals surface area (Å²) in [6.07, 6.45) is -0.176. The molecule has 0 saturated carbocycles. The maximum atomic E-state index is 5.06. The minimum atomic E-state index is -0.0880. The molecule has 0 amide bonds. The zero-order valence-electron chi connectivity index (χ0n) is 6.70. The number of hydrogen-bond donors (Lipinski definition) is 6. The largest absolute Gasteiger partial charge is 2.00 e. The Morgan fingerprint density at radius 3 is 1.00 bits per heavy atom. The van der Waals surface area contributed by atoms with Crippen LogP contribution < -0.4 is 34.4 Å². The number of hydrogen-bond acceptors (Lipinski definition) is 4. The summed E-state index contributed by atoms with van der Waals surface area (Å²) >= 11 is 0. The lowest BCUT2D eigenvalue weighted by Gasteiger charge is -2.00. The lowest BCUT2D eigenvalue weighted by Crippen LogP contribution is -2.69. The van der Waals surface area contributed by atoms with Crippen LogP contribution in [0.3, 0.4) is 0 Å². The van der Waals surface area contributed by atoms with E-state index < -0.39 is 0 Å². The van der Waals surface area contributed by atoms with Crippen molar-refractivity contribution in [1.82, 2.24) is 0 Å². The Labute approximate surface area is 74.1 Å². The molecule has 0 saturated heterocycles. The molecule has 0 aromatic carbocycles. The first-order chi connectivity index (χ1) is 4.54. The van der Waals surface area contributed by atoms with Crippen LogP contribution in [0.25, 0.3) is 0 Å². The molecule has 0 radical (unpaired) electrons. The first kappa shape index (κ1) is 17.3. The fraction of sp³-hybridized carbons (Fsp3) is 1.00. The van der Waals surface area contributed by atoms with Crippen molar-refractivity contribution in [3.8, 4) is 0 Å². The highest BCUT2D eigenvalue weighted by Crippen LogP contribution is 1.38. The van der Waals surface area contributed by atoms with Gasteiger partial charge in [-0.15, -0.1) is 0 Å². The van der Waals surface area contributed by atoms with Crippen molar-refractivity contribution in [3.63, 3.8) is 0 Å². The molecule has 7 heteroatoms. The van der Waals surface area contributed by atoms with Crippen LogP contribution in [0.4, 0.5) is 0 Å². The van der Waals surface area contributed by atoms with Crippen molar-refractivity contribution in [2.24, 2.45) is 22.9 Å². The molecule has 0 aromatic rings. The van der Waals surface area contributed by atoms with E-state index >= 15 is 0 Å². The summed E-state index contributed by atoms with van der Waals surface area (Å²) in [5, 5.41) is 0. The van der Waals surface area contributed by atoms with Gasteiger partial charge in [0.25, 0.3) is 0 Å². The Morgan fingerprint density at radius 1 is 0.909 bits per heavy atom. The normalized spacial score (nSPS) is 13.6. The molecule has 6 nitrogen and oxygen atoms in total. The highest BCUT2D eigenvalue weighted by atomic mass is 32.1. The maximum absolute atomic E-state index is 5.06. The number of quaternary nitrogens is 2. The van der Waals surface area contributed by atoms with Gasteiger partial charge in [-0.05, 0) is 0 Å². The van der Waals surface area contributed by atoms with Gasteiger partial charge in [0.05, 0.1) is 13.1 Å². The van der Waals surface area contributed by atoms with Gasteiger partial charge in [0.15, 0.2) is 0 Å². The van der Waals surface area contributed by atoms with Crippen molar-refractivity contribution in [2.45, 2.75) is 12.3 Å². The highest BCUT2D eigenvalue weighted by molar-refractivity contribution is 7.37. The third kappa shape index (κ3) is 39.4. The van der Waals surface area contributed by atoms with E-state index in [0.717, 1.165) is 0 Å². The van der Waals surface area contributed by atoms with Crippen LogP contribution >= 0.6 is 0 Å². The van der Waals surface area contributed by atoms with Crippen LogP contribution in [-0.2, 0) is 13.5 Å². The van der Waals surface area contributed by atoms with Crippen molar-refractivity contribution >= 4 is 13.5 Å². The average molecular weight is 184 g/mol. The molecule has 0 rings (SSSR count). The molecule has 0 aliphatic rings. The van der Waals surface area contributed by atoms with Gasteiger partial charge < -0.3 is 36.4 Å². The van der Waals surface area contributed by atoms with Crippen LogP contribution in [-0.4, -0.2) is 25.4 Å². The lowest BCUT2D eigenvalue weighted by atomic mass is 10.6. The first-order valence-corrected chi connectivity index (χ1v) is 3.12. The van der Waals surface area contributed by atoms with Crippen LogP contribution in [0.15, 0.2) is 0 Å². The Kier molecular flexibility index (Phi) is 20.0. The van der Waals surface area contributed by atoms with Gasteiger partial charge in [-0.1, -0.05) is 0 Å². The molecule has 0 spiro atoms. The van der Waals surface area contributed by atoms with Gasteiger partial charge in [-0.3, -0.25) is 11.5 Å². The zero-order valence-corrected chi connectivity index (χ0v) is 7.52. The summed E-state index contributed by atoms with van der Waals surface area (Å²) < 4.78 is 0. The summed E-state index contributed by atoms with van der Waals surface area (Å²) in [5.74, 6) is 0. The van der Waals surface area contributed by atoms with E-state index in [2.05, 4.69) is 11.5 Å². The molecule has 0 bridgehead atoms. The Morgan fingerprint density at radius 2 is 1.00 bits per heavy atom. The third-order valence-corrected chi connectivity index (χ3v) is 0.605. The highest BCUT2D eigenvalue weighted by Gasteiger charge is 1.84. The average Bonchev–Trinajstić information content (AvgIpc) is 1.89. The maximum Gasteiger partial charge on any atom is 0.148 e. The lowest BCUT2D eigenvalue weighted by molar-refractivity contribution is -0.414. The van der Waals surface area contributed by atoms with E-state index in [9.17, 15) is 0 Å². The minimum Gasteiger partial charge on any atom is -2.00 e. The minimum absolute atomic E-state index is 0. The van der Waals surface area contributed by atoms with Crippen LogP contribution in [0.2, 0.25) is 0 Å². The predicted octanol–water partition coefficient (Wildman–Crippen LogP) is -5.06. The molecule has 11 heavy (non-hydrogen) atoms. The summed E-state index contributed by atoms with van der Waals surface area (Å²) in [7, 11) is 0. The topological polar surface area (TPSA) is 159 Å². The van der Waals surface area contributed by atoms with E-state index in [1.54, 1.807) is 0 Å². The van der Waals surface area contributed by atoms with E-state index in [1.165, 1.54) is 0 Å². The van der Waals surface area contributed by atoms with E-state index in [4.69, 9.17) is 22.9 Å². The summed E-state index contributed by atoms with van der Waals surface area (Å²) in [6.45, 7) is 0.944. The Balaban J connectivity index is -0.000000107. The molecule has 2 atom stereocenters. The Bertz CT molecular complexity index is 50.5. The van der Waals surface area contributed by atoms with E-state index in [0.29, 0.717) is 13.1 Å². The molecule has 72 valence electrons. The zero-order chi connectivity index (χ0) is 8.57. The Hall–Kier alpha value is 0.110. The first-order valence-electron chi connectivity index (χ1n) is 3.12. The van der Waals surface area contributed by atoms with E-state index in [1.807, 2.05) is 0 Å². The quantitative estimate of drug-likeness (QED) is 0.237. The standard InChI is InChI=1S/2C2H9N3.S/c2*3-1-2(4)5;/h2*2H,1,3-5H2;/q;;-2/p+2. The fourth-order valence-corrected chi connectivity index (χ4v) is 0. The van der Waals surface area contributed by atoms with Gasteiger partial charge in [0.2, 0.25) is 0 Å². The molecule has 0 aliphatic carbocycles. The summed E-state index contributed by atoms with van der Waals surface area (Å²) in [4.78, 5) is 0. The van der Waals surface area contributed by atoms with Gasteiger partial charge >= 0.3 is 0 Å². The SMILES string of the molecule is NCC(N)[NH3+].NCC(N)[NH3+].[S-2]. The molecule has 0 fully saturated rings. The smallest absolute Gasteiger partial charge is 0.148 e. The molecule has 14 N–H and O–H groups in total. The molecule has 0 heterocycles. The summed E-state index contributed by atoms with van der Waals surface area (Å²) in [5.41, 5.74) is 26.9. The monoisotopic (exact) mass is 184 g/mol. The fourth-order valence-electron chi connectivity index (χ4n) is 0. The van der Waals surface area contributed by atoms with Crippen molar-refractivity contribution < 1.29 is 11.5 Å². The molecule has 0 aliphatic heterocycles. The van der Waals surface area contributed by atoms with Crippen molar-refractivity contribution in [3.05, 3.63) is 0 Å². The molecule has 2 unspecified atom stereocenters. The van der Waals surface area contributed by atoms with E-state index in [-0.39, 0.29) is 25.8 Å². The predicted molar refractivity (Wildman–Crippen MR) is 47.2 cm³/mol. The van der Waals surface area contributed by atoms with Gasteiger partial charge in [0.1, 0.15) is 12.3 Å². The van der Waals surface area contributed by atoms with Crippen molar-refractivity contribution in [2.75, 3.05) is 13.1 Å². The second-order valence-electron chi connectivity index (χ2n) is 1.99. The third-order valence-electron chi connectivity index (χ3n) is 0.605. The molecule has 0 aromatic heterocycles. The molecular formula is C4H20N6S. The van der Waals surface area contributed by atoms with Crippen molar-refractivity contribution in [1.29, 1.82) is 0 Å². The molecular weight excluding hydrogens is 164 g/mol. The second kappa shape index (κ2) is 12.8. The number of nitrogens with two attached hydrogens (primary N) is 4. The summed E-state index contributed by atoms with van der Waals surface area (Å²) in [6, 6.07) is 0. The number of rotatable bonds is 2. The van der Waals surface area contributed by atoms with Gasteiger partial charge in [-0.25, -0.2) is 0 Å². The van der Waals surface area contributed by atoms with Crippen LogP contribution in [0, 0.1) is 0 Å². The van der Waals surface area contributed by atoms with Crippen LogP contribution in [0.1, 0.15) is 0 Å². The van der Waals surface area contributed by atoms with Gasteiger partial charge in [-0.2, -0.15) is 0 Å².